The number of thiazole rings is 1. The summed E-state index contributed by atoms with van der Waals surface area (Å²) in [5, 5.41) is 11.0. The molecule has 12 heteroatoms. The van der Waals surface area contributed by atoms with Crippen LogP contribution in [0.3, 0.4) is 0 Å². The van der Waals surface area contributed by atoms with Gasteiger partial charge in [-0.15, -0.1) is 0 Å². The number of nitro benzene ring substituents is 1. The Morgan fingerprint density at radius 2 is 1.85 bits per heavy atom. The van der Waals surface area contributed by atoms with Crippen LogP contribution in [-0.4, -0.2) is 34.6 Å². The number of nitro groups is 1. The summed E-state index contributed by atoms with van der Waals surface area (Å²) in [6, 6.07) is 9.73. The van der Waals surface area contributed by atoms with Crippen LogP contribution < -0.4 is 24.4 Å². The molecule has 1 aromatic heterocycles. The third-order valence-electron chi connectivity index (χ3n) is 5.76. The molecule has 0 fully saturated rings. The molecule has 3 aromatic rings. The SMILES string of the molecule is CCOC(=O)C1=C(C)N=c2s/c(=C/c3ccc([N+](=O)[O-])cc3)c(=O)n2[C@H]1c1ccc(OC(C)=O)c(OCC)c1. The van der Waals surface area contributed by atoms with Crippen molar-refractivity contribution in [3.8, 4) is 11.5 Å². The highest BCUT2D eigenvalue weighted by atomic mass is 32.1. The molecule has 4 rings (SSSR count). The standard InChI is InChI=1S/C27H25N3O8S/c1-5-36-21-14-18(9-12-20(21)38-16(4)31)24-23(26(33)37-6-2)15(3)28-27-29(24)25(32)22(39-27)13-17-7-10-19(11-8-17)30(34)35/h7-14,24H,5-6H2,1-4H3/b22-13+/t24-/m0/s1. The smallest absolute Gasteiger partial charge is 0.338 e. The maximum Gasteiger partial charge on any atom is 0.338 e. The molecule has 1 aliphatic rings. The van der Waals surface area contributed by atoms with Gasteiger partial charge in [-0.2, -0.15) is 0 Å². The van der Waals surface area contributed by atoms with E-state index in [0.29, 0.717) is 26.2 Å². The number of rotatable bonds is 8. The molecule has 0 saturated carbocycles. The lowest BCUT2D eigenvalue weighted by molar-refractivity contribution is -0.384. The van der Waals surface area contributed by atoms with Crippen LogP contribution in [0.25, 0.3) is 6.08 Å². The number of carbonyl (C=O) groups is 2. The molecular formula is C27H25N3O8S. The van der Waals surface area contributed by atoms with E-state index >= 15 is 0 Å². The molecule has 0 spiro atoms. The molecule has 11 nitrogen and oxygen atoms in total. The first kappa shape index (κ1) is 27.5. The van der Waals surface area contributed by atoms with Crippen LogP contribution in [0.15, 0.2) is 63.5 Å². The lowest BCUT2D eigenvalue weighted by Gasteiger charge is -2.25. The van der Waals surface area contributed by atoms with Gasteiger partial charge in [0.05, 0.1) is 40.0 Å². The van der Waals surface area contributed by atoms with Gasteiger partial charge in [-0.25, -0.2) is 9.79 Å². The number of hydrogen-bond donors (Lipinski definition) is 0. The minimum atomic E-state index is -0.898. The van der Waals surface area contributed by atoms with Crippen molar-refractivity contribution < 1.29 is 28.7 Å². The largest absolute Gasteiger partial charge is 0.490 e. The van der Waals surface area contributed by atoms with E-state index in [2.05, 4.69) is 4.99 Å². The fourth-order valence-electron chi connectivity index (χ4n) is 4.15. The second-order valence-corrected chi connectivity index (χ2v) is 9.39. The van der Waals surface area contributed by atoms with Gasteiger partial charge in [0, 0.05) is 19.1 Å². The lowest BCUT2D eigenvalue weighted by Crippen LogP contribution is -2.40. The molecule has 0 unspecified atom stereocenters. The first-order valence-corrected chi connectivity index (χ1v) is 12.9. The number of non-ortho nitro benzene ring substituents is 1. The van der Waals surface area contributed by atoms with Crippen LogP contribution in [0.1, 0.15) is 44.9 Å². The molecule has 0 amide bonds. The quantitative estimate of drug-likeness (QED) is 0.180. The Morgan fingerprint density at radius 1 is 1.13 bits per heavy atom. The zero-order valence-electron chi connectivity index (χ0n) is 21.6. The molecule has 39 heavy (non-hydrogen) atoms. The maximum absolute atomic E-state index is 13.7. The Balaban J connectivity index is 1.92. The van der Waals surface area contributed by atoms with Crippen molar-refractivity contribution in [2.75, 3.05) is 13.2 Å². The summed E-state index contributed by atoms with van der Waals surface area (Å²) in [4.78, 5) is 53.8. The monoisotopic (exact) mass is 551 g/mol. The Kier molecular flexibility index (Phi) is 8.05. The molecule has 0 bridgehead atoms. The predicted molar refractivity (Wildman–Crippen MR) is 142 cm³/mol. The summed E-state index contributed by atoms with van der Waals surface area (Å²) in [5.41, 5.74) is 1.23. The van der Waals surface area contributed by atoms with E-state index in [1.54, 1.807) is 57.2 Å². The molecule has 0 aliphatic carbocycles. The Hall–Kier alpha value is -4.58. The lowest BCUT2D eigenvalue weighted by atomic mass is 9.95. The molecule has 1 aliphatic heterocycles. The van der Waals surface area contributed by atoms with Crippen LogP contribution >= 0.6 is 11.3 Å². The number of nitrogens with zero attached hydrogens (tertiary/aromatic N) is 3. The van der Waals surface area contributed by atoms with Gasteiger partial charge >= 0.3 is 11.9 Å². The molecule has 0 radical (unpaired) electrons. The first-order valence-electron chi connectivity index (χ1n) is 12.0. The van der Waals surface area contributed by atoms with Crippen molar-refractivity contribution in [3.63, 3.8) is 0 Å². The van der Waals surface area contributed by atoms with E-state index in [-0.39, 0.29) is 36.0 Å². The third-order valence-corrected chi connectivity index (χ3v) is 6.74. The highest BCUT2D eigenvalue weighted by molar-refractivity contribution is 7.07. The summed E-state index contributed by atoms with van der Waals surface area (Å²) >= 11 is 1.13. The second kappa shape index (κ2) is 11.4. The fourth-order valence-corrected chi connectivity index (χ4v) is 5.20. The van der Waals surface area contributed by atoms with Crippen LogP contribution in [0.2, 0.25) is 0 Å². The minimum Gasteiger partial charge on any atom is -0.490 e. The Labute approximate surface area is 226 Å². The molecule has 0 saturated heterocycles. The van der Waals surface area contributed by atoms with E-state index in [4.69, 9.17) is 14.2 Å². The van der Waals surface area contributed by atoms with E-state index in [1.807, 2.05) is 0 Å². The fraction of sp³-hybridized carbons (Fsp3) is 0.259. The van der Waals surface area contributed by atoms with Gasteiger partial charge in [0.1, 0.15) is 0 Å². The van der Waals surface area contributed by atoms with E-state index in [0.717, 1.165) is 11.3 Å². The van der Waals surface area contributed by atoms with Crippen molar-refractivity contribution in [2.24, 2.45) is 4.99 Å². The highest BCUT2D eigenvalue weighted by Crippen LogP contribution is 2.36. The van der Waals surface area contributed by atoms with E-state index < -0.39 is 28.5 Å². The number of carbonyl (C=O) groups excluding carboxylic acids is 2. The average Bonchev–Trinajstić information content (AvgIpc) is 3.18. The molecule has 2 aromatic carbocycles. The normalized spacial score (nSPS) is 14.9. The van der Waals surface area contributed by atoms with Crippen LogP contribution in [-0.2, 0) is 14.3 Å². The number of hydrogen-bond acceptors (Lipinski definition) is 10. The summed E-state index contributed by atoms with van der Waals surface area (Å²) < 4.78 is 18.0. The molecule has 202 valence electrons. The number of ether oxygens (including phenoxy) is 3. The van der Waals surface area contributed by atoms with E-state index in [9.17, 15) is 24.5 Å². The minimum absolute atomic E-state index is 0.0642. The van der Waals surface area contributed by atoms with Gasteiger partial charge in [-0.3, -0.25) is 24.3 Å². The third kappa shape index (κ3) is 5.65. The summed E-state index contributed by atoms with van der Waals surface area (Å²) in [6.07, 6.45) is 1.61. The van der Waals surface area contributed by atoms with Crippen molar-refractivity contribution in [1.29, 1.82) is 0 Å². The Bertz CT molecular complexity index is 1670. The van der Waals surface area contributed by atoms with E-state index in [1.165, 1.54) is 23.6 Å². The zero-order chi connectivity index (χ0) is 28.3. The zero-order valence-corrected chi connectivity index (χ0v) is 22.4. The van der Waals surface area contributed by atoms with Crippen LogP contribution in [0.4, 0.5) is 5.69 Å². The summed E-state index contributed by atoms with van der Waals surface area (Å²) in [6.45, 7) is 6.82. The number of esters is 2. The Morgan fingerprint density at radius 3 is 2.46 bits per heavy atom. The predicted octanol–water partition coefficient (Wildman–Crippen LogP) is 3.03. The number of allylic oxidation sites excluding steroid dienone is 1. The average molecular weight is 552 g/mol. The van der Waals surface area contributed by atoms with Crippen molar-refractivity contribution in [1.82, 2.24) is 4.57 Å². The topological polar surface area (TPSA) is 139 Å². The molecular weight excluding hydrogens is 526 g/mol. The van der Waals surface area contributed by atoms with Gasteiger partial charge in [0.15, 0.2) is 16.3 Å². The van der Waals surface area contributed by atoms with Crippen LogP contribution in [0, 0.1) is 10.1 Å². The number of fused-ring (bicyclic) bond motifs is 1. The van der Waals surface area contributed by atoms with Gasteiger partial charge in [0.2, 0.25) is 0 Å². The second-order valence-electron chi connectivity index (χ2n) is 8.38. The van der Waals surface area contributed by atoms with Crippen molar-refractivity contribution >= 4 is 35.0 Å². The molecule has 1 atom stereocenters. The molecule has 2 heterocycles. The van der Waals surface area contributed by atoms with Crippen molar-refractivity contribution in [3.05, 3.63) is 94.7 Å². The summed E-state index contributed by atoms with van der Waals surface area (Å²) in [7, 11) is 0. The maximum atomic E-state index is 13.7. The van der Waals surface area contributed by atoms with Gasteiger partial charge in [-0.05, 0) is 62.2 Å². The van der Waals surface area contributed by atoms with Gasteiger partial charge < -0.3 is 14.2 Å². The molecule has 0 N–H and O–H groups in total. The van der Waals surface area contributed by atoms with Gasteiger partial charge in [-0.1, -0.05) is 17.4 Å². The van der Waals surface area contributed by atoms with Gasteiger partial charge in [0.25, 0.3) is 11.2 Å². The number of aromatic nitrogens is 1. The van der Waals surface area contributed by atoms with Crippen LogP contribution in [0.5, 0.6) is 11.5 Å². The number of benzene rings is 2. The summed E-state index contributed by atoms with van der Waals surface area (Å²) in [5.74, 6) is -0.658. The first-order chi connectivity index (χ1) is 18.6. The van der Waals surface area contributed by atoms with Crippen molar-refractivity contribution in [2.45, 2.75) is 33.7 Å². The highest BCUT2D eigenvalue weighted by Gasteiger charge is 2.34.